The van der Waals surface area contributed by atoms with E-state index in [2.05, 4.69) is 26.0 Å². The quantitative estimate of drug-likeness (QED) is 0.602. The molecular formula is C10H16O. The van der Waals surface area contributed by atoms with Crippen molar-refractivity contribution in [2.24, 2.45) is 5.92 Å². The summed E-state index contributed by atoms with van der Waals surface area (Å²) in [5.41, 5.74) is 2.66. The van der Waals surface area contributed by atoms with Gasteiger partial charge in [-0.05, 0) is 24.3 Å². The van der Waals surface area contributed by atoms with Crippen LogP contribution in [0.2, 0.25) is 0 Å². The van der Waals surface area contributed by atoms with Crippen LogP contribution in [0.15, 0.2) is 23.3 Å². The van der Waals surface area contributed by atoms with Gasteiger partial charge in [-0.25, -0.2) is 0 Å². The zero-order valence-corrected chi connectivity index (χ0v) is 7.30. The van der Waals surface area contributed by atoms with Gasteiger partial charge in [0.25, 0.3) is 0 Å². The van der Waals surface area contributed by atoms with E-state index in [1.807, 2.05) is 0 Å². The van der Waals surface area contributed by atoms with Crippen LogP contribution in [0, 0.1) is 5.92 Å². The molecule has 1 heteroatoms. The zero-order chi connectivity index (χ0) is 8.27. The van der Waals surface area contributed by atoms with Crippen molar-refractivity contribution in [3.05, 3.63) is 23.3 Å². The molecule has 11 heavy (non-hydrogen) atoms. The molecule has 0 unspecified atom stereocenters. The van der Waals surface area contributed by atoms with E-state index in [0.717, 1.165) is 18.4 Å². The first-order chi connectivity index (χ1) is 5.24. The van der Waals surface area contributed by atoms with Crippen molar-refractivity contribution in [3.63, 3.8) is 0 Å². The molecule has 62 valence electrons. The first kappa shape index (κ1) is 8.54. The van der Waals surface area contributed by atoms with Gasteiger partial charge < -0.3 is 5.11 Å². The van der Waals surface area contributed by atoms with Gasteiger partial charge in [-0.3, -0.25) is 0 Å². The zero-order valence-electron chi connectivity index (χ0n) is 7.30. The summed E-state index contributed by atoms with van der Waals surface area (Å²) in [4.78, 5) is 0. The Morgan fingerprint density at radius 2 is 2.09 bits per heavy atom. The lowest BCUT2D eigenvalue weighted by Gasteiger charge is -2.15. The van der Waals surface area contributed by atoms with E-state index < -0.39 is 0 Å². The summed E-state index contributed by atoms with van der Waals surface area (Å²) in [7, 11) is 0. The molecule has 0 bridgehead atoms. The fourth-order valence-corrected chi connectivity index (χ4v) is 1.29. The Labute approximate surface area is 68.4 Å². The third-order valence-corrected chi connectivity index (χ3v) is 2.20. The highest BCUT2D eigenvalue weighted by Crippen LogP contribution is 2.22. The number of allylic oxidation sites excluding steroid dienone is 3. The van der Waals surface area contributed by atoms with E-state index in [1.54, 1.807) is 0 Å². The molecule has 0 aromatic carbocycles. The molecule has 1 aliphatic rings. The third kappa shape index (κ3) is 2.19. The van der Waals surface area contributed by atoms with Crippen LogP contribution in [0.1, 0.15) is 26.7 Å². The van der Waals surface area contributed by atoms with Crippen LogP contribution < -0.4 is 0 Å². The van der Waals surface area contributed by atoms with Gasteiger partial charge in [0, 0.05) is 0 Å². The molecule has 0 saturated carbocycles. The van der Waals surface area contributed by atoms with Crippen molar-refractivity contribution in [1.29, 1.82) is 0 Å². The maximum atomic E-state index is 8.82. The minimum Gasteiger partial charge on any atom is -0.392 e. The van der Waals surface area contributed by atoms with E-state index in [0.29, 0.717) is 5.92 Å². The predicted octanol–water partition coefficient (Wildman–Crippen LogP) is 2.28. The van der Waals surface area contributed by atoms with Crippen LogP contribution in [0.25, 0.3) is 0 Å². The minimum atomic E-state index is 0.224. The third-order valence-electron chi connectivity index (χ3n) is 2.20. The highest BCUT2D eigenvalue weighted by Gasteiger charge is 2.06. The summed E-state index contributed by atoms with van der Waals surface area (Å²) < 4.78 is 0. The molecule has 1 aliphatic carbocycles. The van der Waals surface area contributed by atoms with Crippen LogP contribution in [0.5, 0.6) is 0 Å². The maximum absolute atomic E-state index is 8.82. The van der Waals surface area contributed by atoms with Gasteiger partial charge in [0.2, 0.25) is 0 Å². The second-order valence-electron chi connectivity index (χ2n) is 3.36. The summed E-state index contributed by atoms with van der Waals surface area (Å²) >= 11 is 0. The molecule has 1 nitrogen and oxygen atoms in total. The molecule has 1 rings (SSSR count). The van der Waals surface area contributed by atoms with Crippen LogP contribution in [0.4, 0.5) is 0 Å². The van der Waals surface area contributed by atoms with Gasteiger partial charge in [-0.1, -0.05) is 31.6 Å². The van der Waals surface area contributed by atoms with Gasteiger partial charge in [0.15, 0.2) is 0 Å². The molecule has 0 saturated heterocycles. The highest BCUT2D eigenvalue weighted by atomic mass is 16.3. The molecule has 0 aromatic rings. The summed E-state index contributed by atoms with van der Waals surface area (Å²) in [5, 5.41) is 8.82. The summed E-state index contributed by atoms with van der Waals surface area (Å²) in [6, 6.07) is 0. The summed E-state index contributed by atoms with van der Waals surface area (Å²) in [6.45, 7) is 4.65. The van der Waals surface area contributed by atoms with Crippen molar-refractivity contribution < 1.29 is 5.11 Å². The second-order valence-corrected chi connectivity index (χ2v) is 3.36. The largest absolute Gasteiger partial charge is 0.392 e. The first-order valence-corrected chi connectivity index (χ1v) is 4.21. The van der Waals surface area contributed by atoms with E-state index in [1.165, 1.54) is 5.57 Å². The van der Waals surface area contributed by atoms with Crippen molar-refractivity contribution in [2.75, 3.05) is 6.61 Å². The Hall–Kier alpha value is -0.560. The van der Waals surface area contributed by atoms with E-state index in [-0.39, 0.29) is 6.61 Å². The van der Waals surface area contributed by atoms with Crippen LogP contribution in [0.3, 0.4) is 0 Å². The van der Waals surface area contributed by atoms with Crippen LogP contribution >= 0.6 is 0 Å². The first-order valence-electron chi connectivity index (χ1n) is 4.21. The predicted molar refractivity (Wildman–Crippen MR) is 47.3 cm³/mol. The van der Waals surface area contributed by atoms with Gasteiger partial charge >= 0.3 is 0 Å². The smallest absolute Gasteiger partial charge is 0.0644 e. The fourth-order valence-electron chi connectivity index (χ4n) is 1.29. The van der Waals surface area contributed by atoms with E-state index in [9.17, 15) is 0 Å². The Morgan fingerprint density at radius 3 is 2.45 bits per heavy atom. The molecule has 0 atom stereocenters. The number of aliphatic hydroxyl groups excluding tert-OH is 1. The maximum Gasteiger partial charge on any atom is 0.0644 e. The van der Waals surface area contributed by atoms with Crippen molar-refractivity contribution in [2.45, 2.75) is 26.7 Å². The Kier molecular flexibility index (Phi) is 2.89. The standard InChI is InChI=1S/C10H16O/c1-8(2)10-5-3-9(7-11)4-6-10/h3,6,8,11H,4-5,7H2,1-2H3. The number of hydrogen-bond donors (Lipinski definition) is 1. The molecule has 0 heterocycles. The monoisotopic (exact) mass is 152 g/mol. The van der Waals surface area contributed by atoms with Crippen molar-refractivity contribution in [1.82, 2.24) is 0 Å². The molecule has 1 N–H and O–H groups in total. The van der Waals surface area contributed by atoms with Gasteiger partial charge in [0.1, 0.15) is 0 Å². The fraction of sp³-hybridized carbons (Fsp3) is 0.600. The molecule has 0 spiro atoms. The van der Waals surface area contributed by atoms with Crippen LogP contribution in [-0.2, 0) is 0 Å². The van der Waals surface area contributed by atoms with E-state index in [4.69, 9.17) is 5.11 Å². The molecule has 0 amide bonds. The molecular weight excluding hydrogens is 136 g/mol. The molecule has 0 aromatic heterocycles. The minimum absolute atomic E-state index is 0.224. The van der Waals surface area contributed by atoms with Gasteiger partial charge in [-0.15, -0.1) is 0 Å². The number of aliphatic hydroxyl groups is 1. The SMILES string of the molecule is CC(C)C1=CCC(CO)=CC1. The average molecular weight is 152 g/mol. The van der Waals surface area contributed by atoms with E-state index >= 15 is 0 Å². The Bertz CT molecular complexity index is 187. The topological polar surface area (TPSA) is 20.2 Å². The lowest BCUT2D eigenvalue weighted by Crippen LogP contribution is -2.00. The second kappa shape index (κ2) is 3.72. The van der Waals surface area contributed by atoms with Crippen molar-refractivity contribution >= 4 is 0 Å². The summed E-state index contributed by atoms with van der Waals surface area (Å²) in [6.07, 6.45) is 6.38. The van der Waals surface area contributed by atoms with Gasteiger partial charge in [-0.2, -0.15) is 0 Å². The highest BCUT2D eigenvalue weighted by molar-refractivity contribution is 5.22. The molecule has 0 fully saturated rings. The van der Waals surface area contributed by atoms with Crippen LogP contribution in [-0.4, -0.2) is 11.7 Å². The lowest BCUT2D eigenvalue weighted by molar-refractivity contribution is 0.328. The Morgan fingerprint density at radius 1 is 1.36 bits per heavy atom. The molecule has 0 radical (unpaired) electrons. The van der Waals surface area contributed by atoms with Crippen molar-refractivity contribution in [3.8, 4) is 0 Å². The lowest BCUT2D eigenvalue weighted by atomic mass is 9.92. The normalized spacial score (nSPS) is 18.2. The average Bonchev–Trinajstić information content (AvgIpc) is 2.05. The number of hydrogen-bond acceptors (Lipinski definition) is 1. The summed E-state index contributed by atoms with van der Waals surface area (Å²) in [5.74, 6) is 0.659. The van der Waals surface area contributed by atoms with Gasteiger partial charge in [0.05, 0.1) is 6.61 Å². The molecule has 0 aliphatic heterocycles. The number of rotatable bonds is 2. The Balaban J connectivity index is 2.50.